The van der Waals surface area contributed by atoms with Gasteiger partial charge in [-0.05, 0) is 48.9 Å². The highest BCUT2D eigenvalue weighted by molar-refractivity contribution is 7.89. The minimum atomic E-state index is -3.74. The molecule has 3 rings (SSSR count). The van der Waals surface area contributed by atoms with Crippen LogP contribution in [0.4, 0.5) is 0 Å². The predicted octanol–water partition coefficient (Wildman–Crippen LogP) is 2.22. The summed E-state index contributed by atoms with van der Waals surface area (Å²) in [6.45, 7) is 1.33. The van der Waals surface area contributed by atoms with Crippen LogP contribution in [0.3, 0.4) is 0 Å². The van der Waals surface area contributed by atoms with Gasteiger partial charge >= 0.3 is 0 Å². The van der Waals surface area contributed by atoms with Gasteiger partial charge in [-0.2, -0.15) is 9.57 Å². The van der Waals surface area contributed by atoms with Crippen molar-refractivity contribution in [2.75, 3.05) is 26.7 Å². The third-order valence-electron chi connectivity index (χ3n) is 5.69. The van der Waals surface area contributed by atoms with Gasteiger partial charge in [0.15, 0.2) is 0 Å². The highest BCUT2D eigenvalue weighted by Gasteiger charge is 2.34. The molecule has 0 bridgehead atoms. The Morgan fingerprint density at radius 3 is 2.50 bits per heavy atom. The quantitative estimate of drug-likeness (QED) is 0.808. The van der Waals surface area contributed by atoms with Crippen molar-refractivity contribution in [3.05, 3.63) is 29.8 Å². The summed E-state index contributed by atoms with van der Waals surface area (Å²) in [7, 11) is -2.32. The lowest BCUT2D eigenvalue weighted by atomic mass is 9.75. The summed E-state index contributed by atoms with van der Waals surface area (Å²) in [6.07, 6.45) is 5.99. The Kier molecular flexibility index (Phi) is 5.64. The van der Waals surface area contributed by atoms with E-state index in [2.05, 4.69) is 0 Å². The summed E-state index contributed by atoms with van der Waals surface area (Å²) >= 11 is 0. The van der Waals surface area contributed by atoms with Crippen molar-refractivity contribution in [1.29, 1.82) is 5.26 Å². The molecule has 0 N–H and O–H groups in total. The van der Waals surface area contributed by atoms with E-state index in [0.29, 0.717) is 11.5 Å². The number of nitriles is 1. The van der Waals surface area contributed by atoms with Gasteiger partial charge in [-0.25, -0.2) is 8.42 Å². The average Bonchev–Trinajstić information content (AvgIpc) is 2.67. The van der Waals surface area contributed by atoms with E-state index in [9.17, 15) is 13.2 Å². The molecular formula is C19H25N3O3S. The number of amides is 1. The third kappa shape index (κ3) is 3.92. The molecule has 7 heteroatoms. The maximum atomic E-state index is 12.7. The van der Waals surface area contributed by atoms with E-state index in [1.165, 1.54) is 57.0 Å². The van der Waals surface area contributed by atoms with Crippen molar-refractivity contribution >= 4 is 15.9 Å². The van der Waals surface area contributed by atoms with E-state index >= 15 is 0 Å². The molecule has 0 radical (unpaired) electrons. The van der Waals surface area contributed by atoms with Crippen LogP contribution in [0, 0.1) is 23.2 Å². The summed E-state index contributed by atoms with van der Waals surface area (Å²) in [5.41, 5.74) is 0.401. The first kappa shape index (κ1) is 18.9. The van der Waals surface area contributed by atoms with Gasteiger partial charge in [0.05, 0.1) is 23.1 Å². The van der Waals surface area contributed by atoms with Crippen molar-refractivity contribution in [2.24, 2.45) is 11.8 Å². The molecule has 26 heavy (non-hydrogen) atoms. The monoisotopic (exact) mass is 375 g/mol. The average molecular weight is 375 g/mol. The zero-order valence-corrected chi connectivity index (χ0v) is 15.9. The van der Waals surface area contributed by atoms with E-state index < -0.39 is 10.0 Å². The van der Waals surface area contributed by atoms with Gasteiger partial charge in [0.1, 0.15) is 0 Å². The van der Waals surface area contributed by atoms with E-state index in [4.69, 9.17) is 5.26 Å². The number of carbonyl (C=O) groups is 1. The first-order chi connectivity index (χ1) is 12.4. The number of piperidine rings is 1. The number of hydrogen-bond acceptors (Lipinski definition) is 4. The van der Waals surface area contributed by atoms with Crippen molar-refractivity contribution < 1.29 is 13.2 Å². The summed E-state index contributed by atoms with van der Waals surface area (Å²) in [5.74, 6) is 1.17. The fourth-order valence-electron chi connectivity index (χ4n) is 4.08. The molecule has 1 amide bonds. The normalized spacial score (nSPS) is 23.3. The number of likely N-dealkylation sites (N-methyl/N-ethyl adjacent to an activating group) is 1. The smallest absolute Gasteiger partial charge is 0.243 e. The zero-order chi connectivity index (χ0) is 18.7. The van der Waals surface area contributed by atoms with Gasteiger partial charge in [-0.3, -0.25) is 4.79 Å². The fourth-order valence-corrected chi connectivity index (χ4v) is 5.20. The lowest BCUT2D eigenvalue weighted by Gasteiger charge is -2.41. The second-order valence-electron chi connectivity index (χ2n) is 7.33. The molecule has 1 saturated carbocycles. The molecule has 6 nitrogen and oxygen atoms in total. The molecule has 1 aromatic carbocycles. The Morgan fingerprint density at radius 2 is 1.85 bits per heavy atom. The van der Waals surface area contributed by atoms with Crippen LogP contribution in [-0.4, -0.2) is 50.2 Å². The molecule has 1 saturated heterocycles. The number of sulfonamides is 1. The van der Waals surface area contributed by atoms with Crippen LogP contribution in [0.25, 0.3) is 0 Å². The molecule has 2 aliphatic rings. The standard InChI is InChI=1S/C19H25N3O3S/c1-21(26(24,25)18-8-6-15(12-20)7-9-18)14-19(23)22-11-10-16-4-2-3-5-17(16)13-22/h6-9,16-17H,2-5,10-11,13-14H2,1H3. The Hall–Kier alpha value is -1.91. The summed E-state index contributed by atoms with van der Waals surface area (Å²) in [5, 5.41) is 8.83. The second-order valence-corrected chi connectivity index (χ2v) is 9.38. The fraction of sp³-hybridized carbons (Fsp3) is 0.579. The van der Waals surface area contributed by atoms with Gasteiger partial charge in [-0.15, -0.1) is 0 Å². The maximum absolute atomic E-state index is 12.7. The minimum Gasteiger partial charge on any atom is -0.341 e. The first-order valence-electron chi connectivity index (χ1n) is 9.16. The van der Waals surface area contributed by atoms with Crippen molar-refractivity contribution in [3.63, 3.8) is 0 Å². The number of carbonyl (C=O) groups excluding carboxylic acids is 1. The van der Waals surface area contributed by atoms with E-state index in [-0.39, 0.29) is 17.3 Å². The van der Waals surface area contributed by atoms with Crippen LogP contribution in [0.5, 0.6) is 0 Å². The molecular weight excluding hydrogens is 350 g/mol. The minimum absolute atomic E-state index is 0.0952. The van der Waals surface area contributed by atoms with Crippen LogP contribution in [0.1, 0.15) is 37.7 Å². The number of hydrogen-bond donors (Lipinski definition) is 0. The third-order valence-corrected chi connectivity index (χ3v) is 7.51. The molecule has 140 valence electrons. The van der Waals surface area contributed by atoms with E-state index in [0.717, 1.165) is 29.7 Å². The number of likely N-dealkylation sites (tertiary alicyclic amines) is 1. The van der Waals surface area contributed by atoms with Gasteiger partial charge in [0, 0.05) is 20.1 Å². The van der Waals surface area contributed by atoms with Crippen LogP contribution >= 0.6 is 0 Å². The number of rotatable bonds is 4. The first-order valence-corrected chi connectivity index (χ1v) is 10.6. The van der Waals surface area contributed by atoms with Crippen molar-refractivity contribution in [1.82, 2.24) is 9.21 Å². The molecule has 0 aromatic heterocycles. The topological polar surface area (TPSA) is 81.5 Å². The van der Waals surface area contributed by atoms with Crippen molar-refractivity contribution in [2.45, 2.75) is 37.0 Å². The van der Waals surface area contributed by atoms with Crippen LogP contribution in [-0.2, 0) is 14.8 Å². The SMILES string of the molecule is CN(CC(=O)N1CCC2CCCCC2C1)S(=O)(=O)c1ccc(C#N)cc1. The molecule has 2 unspecified atom stereocenters. The lowest BCUT2D eigenvalue weighted by Crippen LogP contribution is -2.48. The molecule has 2 atom stereocenters. The van der Waals surface area contributed by atoms with Gasteiger partial charge in [-0.1, -0.05) is 19.3 Å². The van der Waals surface area contributed by atoms with Gasteiger partial charge in [0.25, 0.3) is 0 Å². The molecule has 1 aromatic rings. The number of benzene rings is 1. The Labute approximate surface area is 155 Å². The van der Waals surface area contributed by atoms with Gasteiger partial charge < -0.3 is 4.90 Å². The second kappa shape index (κ2) is 7.77. The lowest BCUT2D eigenvalue weighted by molar-refractivity contribution is -0.134. The zero-order valence-electron chi connectivity index (χ0n) is 15.1. The summed E-state index contributed by atoms with van der Waals surface area (Å²) in [6, 6.07) is 7.71. The highest BCUT2D eigenvalue weighted by atomic mass is 32.2. The number of fused-ring (bicyclic) bond motifs is 1. The molecule has 0 spiro atoms. The van der Waals surface area contributed by atoms with E-state index in [1.807, 2.05) is 11.0 Å². The largest absolute Gasteiger partial charge is 0.341 e. The molecule has 2 fully saturated rings. The summed E-state index contributed by atoms with van der Waals surface area (Å²) in [4.78, 5) is 14.6. The van der Waals surface area contributed by atoms with Crippen LogP contribution in [0.2, 0.25) is 0 Å². The Morgan fingerprint density at radius 1 is 1.19 bits per heavy atom. The Bertz CT molecular complexity index is 798. The number of nitrogens with zero attached hydrogens (tertiary/aromatic N) is 3. The summed E-state index contributed by atoms with van der Waals surface area (Å²) < 4.78 is 26.4. The van der Waals surface area contributed by atoms with E-state index in [1.54, 1.807) is 0 Å². The van der Waals surface area contributed by atoms with Crippen LogP contribution < -0.4 is 0 Å². The Balaban J connectivity index is 1.63. The highest BCUT2D eigenvalue weighted by Crippen LogP contribution is 2.36. The predicted molar refractivity (Wildman–Crippen MR) is 97.6 cm³/mol. The maximum Gasteiger partial charge on any atom is 0.243 e. The molecule has 1 aliphatic carbocycles. The molecule has 1 heterocycles. The molecule has 1 aliphatic heterocycles. The van der Waals surface area contributed by atoms with Crippen molar-refractivity contribution in [3.8, 4) is 6.07 Å². The van der Waals surface area contributed by atoms with Gasteiger partial charge in [0.2, 0.25) is 15.9 Å². The van der Waals surface area contributed by atoms with Crippen LogP contribution in [0.15, 0.2) is 29.2 Å².